The van der Waals surface area contributed by atoms with Gasteiger partial charge in [0, 0.05) is 12.1 Å². The molecule has 3 aromatic carbocycles. The zero-order valence-electron chi connectivity index (χ0n) is 18.1. The maximum Gasteiger partial charge on any atom is 0.298 e. The third-order valence-corrected chi connectivity index (χ3v) is 6.99. The fourth-order valence-corrected chi connectivity index (χ4v) is 5.64. The van der Waals surface area contributed by atoms with Crippen LogP contribution in [0.4, 0.5) is 16.2 Å². The Morgan fingerprint density at radius 2 is 1.77 bits per heavy atom. The molecule has 0 aliphatic carbocycles. The summed E-state index contributed by atoms with van der Waals surface area (Å²) in [6.45, 7) is 0.121. The summed E-state index contributed by atoms with van der Waals surface area (Å²) >= 11 is 7.79. The summed E-state index contributed by atoms with van der Waals surface area (Å²) in [5.41, 5.74) is 1.68. The van der Waals surface area contributed by atoms with Crippen LogP contribution < -0.4 is 14.4 Å². The Bertz CT molecular complexity index is 1350. The fraction of sp³-hybridized carbons (Fsp3) is 0.0833. The maximum absolute atomic E-state index is 13.0. The number of nitro benzene ring substituents is 1. The van der Waals surface area contributed by atoms with E-state index in [-0.39, 0.29) is 17.2 Å². The number of nitro groups is 1. The minimum absolute atomic E-state index is 0.0124. The van der Waals surface area contributed by atoms with E-state index in [2.05, 4.69) is 31.9 Å². The molecule has 0 aromatic heterocycles. The Kier molecular flexibility index (Phi) is 7.58. The molecular weight excluding hydrogens is 604 g/mol. The van der Waals surface area contributed by atoms with Gasteiger partial charge in [0.1, 0.15) is 18.1 Å². The Morgan fingerprint density at radius 3 is 2.46 bits per heavy atom. The molecule has 0 bridgehead atoms. The highest BCUT2D eigenvalue weighted by atomic mass is 79.9. The summed E-state index contributed by atoms with van der Waals surface area (Å²) in [5, 5.41) is 10.6. The molecule has 11 heteroatoms. The Hall–Kier alpha value is -3.15. The van der Waals surface area contributed by atoms with Crippen molar-refractivity contribution >= 4 is 72.2 Å². The van der Waals surface area contributed by atoms with Crippen LogP contribution >= 0.6 is 43.6 Å². The number of halogens is 2. The molecule has 0 saturated carbocycles. The Balaban J connectivity index is 1.55. The van der Waals surface area contributed by atoms with Crippen LogP contribution in [0.15, 0.2) is 74.5 Å². The minimum atomic E-state index is -0.459. The number of para-hydroxylation sites is 2. The third kappa shape index (κ3) is 5.42. The lowest BCUT2D eigenvalue weighted by molar-refractivity contribution is -0.384. The summed E-state index contributed by atoms with van der Waals surface area (Å²) in [5.74, 6) is 0.477. The number of benzene rings is 3. The predicted molar refractivity (Wildman–Crippen MR) is 141 cm³/mol. The first-order valence-corrected chi connectivity index (χ1v) is 12.4. The summed E-state index contributed by atoms with van der Waals surface area (Å²) in [6.07, 6.45) is 1.63. The van der Waals surface area contributed by atoms with Gasteiger partial charge in [-0.1, -0.05) is 24.3 Å². The number of carbonyl (C=O) groups is 2. The molecule has 0 spiro atoms. The molecule has 4 rings (SSSR count). The smallest absolute Gasteiger partial charge is 0.298 e. The van der Waals surface area contributed by atoms with Gasteiger partial charge in [0.2, 0.25) is 0 Å². The second-order valence-electron chi connectivity index (χ2n) is 7.22. The van der Waals surface area contributed by atoms with Crippen LogP contribution in [0.1, 0.15) is 11.1 Å². The quantitative estimate of drug-likeness (QED) is 0.160. The van der Waals surface area contributed by atoms with Gasteiger partial charge < -0.3 is 9.47 Å². The number of ether oxygens (including phenoxy) is 2. The second kappa shape index (κ2) is 10.6. The SMILES string of the molecule is COc1ccccc1N1C(=O)S/C(=C\c2cc(Br)c(OCc3cccc([N+](=O)[O-])c3)c(Br)c2)C1=O. The number of carbonyl (C=O) groups excluding carboxylic acids is 2. The fourth-order valence-electron chi connectivity index (χ4n) is 3.36. The highest BCUT2D eigenvalue weighted by molar-refractivity contribution is 9.11. The van der Waals surface area contributed by atoms with E-state index >= 15 is 0 Å². The van der Waals surface area contributed by atoms with Crippen molar-refractivity contribution in [3.8, 4) is 11.5 Å². The number of hydrogen-bond donors (Lipinski definition) is 0. The monoisotopic (exact) mass is 618 g/mol. The predicted octanol–water partition coefficient (Wildman–Crippen LogP) is 6.95. The van der Waals surface area contributed by atoms with Crippen LogP contribution in [0.5, 0.6) is 11.5 Å². The Morgan fingerprint density at radius 1 is 1.06 bits per heavy atom. The van der Waals surface area contributed by atoms with E-state index < -0.39 is 16.1 Å². The average Bonchev–Trinajstić information content (AvgIpc) is 3.11. The van der Waals surface area contributed by atoms with Crippen molar-refractivity contribution in [3.63, 3.8) is 0 Å². The van der Waals surface area contributed by atoms with Crippen molar-refractivity contribution < 1.29 is 24.0 Å². The van der Waals surface area contributed by atoms with Gasteiger partial charge in [-0.3, -0.25) is 19.7 Å². The standard InChI is InChI=1S/C24H16Br2N2O6S/c1-33-20-8-3-2-7-19(20)27-23(29)21(35-24(27)30)12-15-10-17(25)22(18(26)11-15)34-13-14-5-4-6-16(9-14)28(31)32/h2-12H,13H2,1H3/b21-12-. The number of rotatable bonds is 7. The summed E-state index contributed by atoms with van der Waals surface area (Å²) in [6, 6.07) is 16.5. The molecule has 35 heavy (non-hydrogen) atoms. The molecule has 0 atom stereocenters. The number of non-ortho nitro benzene ring substituents is 1. The second-order valence-corrected chi connectivity index (χ2v) is 9.92. The van der Waals surface area contributed by atoms with E-state index in [1.807, 2.05) is 0 Å². The largest absolute Gasteiger partial charge is 0.495 e. The topological polar surface area (TPSA) is 99.0 Å². The van der Waals surface area contributed by atoms with Crippen molar-refractivity contribution in [2.24, 2.45) is 0 Å². The molecule has 2 amide bonds. The number of methoxy groups -OCH3 is 1. The molecule has 3 aromatic rings. The molecule has 1 aliphatic heterocycles. The lowest BCUT2D eigenvalue weighted by atomic mass is 10.2. The van der Waals surface area contributed by atoms with Gasteiger partial charge in [0.05, 0.1) is 31.6 Å². The van der Waals surface area contributed by atoms with Crippen LogP contribution in [-0.2, 0) is 11.4 Å². The minimum Gasteiger partial charge on any atom is -0.495 e. The van der Waals surface area contributed by atoms with E-state index in [9.17, 15) is 19.7 Å². The molecular formula is C24H16Br2N2O6S. The van der Waals surface area contributed by atoms with Gasteiger partial charge in [0.15, 0.2) is 0 Å². The number of hydrogen-bond acceptors (Lipinski definition) is 7. The number of thioether (sulfide) groups is 1. The number of nitrogens with zero attached hydrogens (tertiary/aromatic N) is 2. The first-order valence-electron chi connectivity index (χ1n) is 10.0. The Labute approximate surface area is 221 Å². The van der Waals surface area contributed by atoms with Gasteiger partial charge in [-0.05, 0) is 85.1 Å². The normalized spacial score (nSPS) is 14.5. The van der Waals surface area contributed by atoms with Crippen molar-refractivity contribution in [1.82, 2.24) is 0 Å². The molecule has 1 fully saturated rings. The lowest BCUT2D eigenvalue weighted by Gasteiger charge is -2.15. The van der Waals surface area contributed by atoms with Gasteiger partial charge in [-0.2, -0.15) is 0 Å². The number of anilines is 1. The molecule has 0 unspecified atom stereocenters. The van der Waals surface area contributed by atoms with E-state index in [0.29, 0.717) is 37.3 Å². The maximum atomic E-state index is 13.0. The zero-order chi connectivity index (χ0) is 25.1. The molecule has 8 nitrogen and oxygen atoms in total. The van der Waals surface area contributed by atoms with E-state index in [4.69, 9.17) is 9.47 Å². The molecule has 0 radical (unpaired) electrons. The molecule has 1 saturated heterocycles. The number of imide groups is 1. The highest BCUT2D eigenvalue weighted by Gasteiger charge is 2.37. The van der Waals surface area contributed by atoms with Crippen LogP contribution in [0, 0.1) is 10.1 Å². The van der Waals surface area contributed by atoms with Gasteiger partial charge in [-0.15, -0.1) is 0 Å². The van der Waals surface area contributed by atoms with Crippen molar-refractivity contribution in [2.45, 2.75) is 6.61 Å². The molecule has 1 aliphatic rings. The summed E-state index contributed by atoms with van der Waals surface area (Å²) < 4.78 is 12.4. The molecule has 1 heterocycles. The van der Waals surface area contributed by atoms with Gasteiger partial charge >= 0.3 is 0 Å². The molecule has 0 N–H and O–H groups in total. The number of amides is 2. The zero-order valence-corrected chi connectivity index (χ0v) is 22.1. The van der Waals surface area contributed by atoms with Crippen molar-refractivity contribution in [2.75, 3.05) is 12.0 Å². The summed E-state index contributed by atoms with van der Waals surface area (Å²) in [7, 11) is 1.48. The highest BCUT2D eigenvalue weighted by Crippen LogP contribution is 2.41. The van der Waals surface area contributed by atoms with E-state index in [0.717, 1.165) is 16.7 Å². The first kappa shape index (κ1) is 25.0. The van der Waals surface area contributed by atoms with Crippen molar-refractivity contribution in [1.29, 1.82) is 0 Å². The van der Waals surface area contributed by atoms with Gasteiger partial charge in [-0.25, -0.2) is 4.90 Å². The molecule has 178 valence electrons. The third-order valence-electron chi connectivity index (χ3n) is 4.94. The summed E-state index contributed by atoms with van der Waals surface area (Å²) in [4.78, 5) is 37.5. The van der Waals surface area contributed by atoms with Crippen molar-refractivity contribution in [3.05, 3.63) is 95.8 Å². The van der Waals surface area contributed by atoms with Crippen LogP contribution in [0.3, 0.4) is 0 Å². The van der Waals surface area contributed by atoms with Crippen LogP contribution in [0.2, 0.25) is 0 Å². The lowest BCUT2D eigenvalue weighted by Crippen LogP contribution is -2.28. The average molecular weight is 620 g/mol. The van der Waals surface area contributed by atoms with E-state index in [1.54, 1.807) is 54.6 Å². The van der Waals surface area contributed by atoms with E-state index in [1.165, 1.54) is 19.2 Å². The van der Waals surface area contributed by atoms with Gasteiger partial charge in [0.25, 0.3) is 16.8 Å². The first-order chi connectivity index (χ1) is 16.8. The van der Waals surface area contributed by atoms with Crippen LogP contribution in [-0.4, -0.2) is 23.2 Å². The van der Waals surface area contributed by atoms with Crippen LogP contribution in [0.25, 0.3) is 6.08 Å².